The third-order valence-corrected chi connectivity index (χ3v) is 3.05. The topological polar surface area (TPSA) is 17.1 Å². The second kappa shape index (κ2) is 4.64. The van der Waals surface area contributed by atoms with Gasteiger partial charge in [-0.3, -0.25) is 4.79 Å². The number of hydrogen-bond donors (Lipinski definition) is 0. The molecular weight excluding hydrogens is 148 g/mol. The summed E-state index contributed by atoms with van der Waals surface area (Å²) in [5.41, 5.74) is 0. The molecule has 1 rings (SSSR count). The number of unbranched alkanes of at least 4 members (excludes halogenated alkanes) is 1. The van der Waals surface area contributed by atoms with Crippen LogP contribution in [0.15, 0.2) is 0 Å². The van der Waals surface area contributed by atoms with Crippen LogP contribution in [-0.2, 0) is 4.79 Å². The average Bonchev–Trinajstić information content (AvgIpc) is 2.04. The molecule has 0 spiro atoms. The fraction of sp³-hybridized carbons (Fsp3) is 0.909. The third kappa shape index (κ3) is 2.33. The lowest BCUT2D eigenvalue weighted by molar-refractivity contribution is -0.126. The van der Waals surface area contributed by atoms with Gasteiger partial charge in [-0.15, -0.1) is 0 Å². The number of ketones is 1. The molecule has 1 nitrogen and oxygen atoms in total. The zero-order valence-electron chi connectivity index (χ0n) is 8.31. The maximum atomic E-state index is 11.5. The smallest absolute Gasteiger partial charge is 0.136 e. The van der Waals surface area contributed by atoms with E-state index in [4.69, 9.17) is 0 Å². The molecule has 1 saturated carbocycles. The number of hydrogen-bond acceptors (Lipinski definition) is 1. The minimum absolute atomic E-state index is 0.402. The molecule has 0 radical (unpaired) electrons. The number of Topliss-reactive ketones (excluding diaryl/α,β-unsaturated/α-hetero) is 1. The molecule has 0 unspecified atom stereocenters. The van der Waals surface area contributed by atoms with Crippen LogP contribution in [0.5, 0.6) is 0 Å². The molecular formula is C11H20O. The van der Waals surface area contributed by atoms with Crippen LogP contribution >= 0.6 is 0 Å². The second-order valence-corrected chi connectivity index (χ2v) is 4.08. The Labute approximate surface area is 75.5 Å². The Bertz CT molecular complexity index is 151. The fourth-order valence-corrected chi connectivity index (χ4v) is 2.17. The first-order valence-corrected chi connectivity index (χ1v) is 5.28. The number of carbonyl (C=O) groups is 1. The Balaban J connectivity index is 2.40. The van der Waals surface area contributed by atoms with E-state index in [0.29, 0.717) is 17.6 Å². The summed E-state index contributed by atoms with van der Waals surface area (Å²) in [5.74, 6) is 1.58. The number of rotatable bonds is 3. The molecule has 0 aliphatic heterocycles. The summed E-state index contributed by atoms with van der Waals surface area (Å²) in [7, 11) is 0. The van der Waals surface area contributed by atoms with Crippen LogP contribution in [0.4, 0.5) is 0 Å². The van der Waals surface area contributed by atoms with Crippen LogP contribution in [-0.4, -0.2) is 5.78 Å². The maximum absolute atomic E-state index is 11.5. The lowest BCUT2D eigenvalue weighted by Crippen LogP contribution is -2.26. The highest BCUT2D eigenvalue weighted by molar-refractivity contribution is 5.81. The van der Waals surface area contributed by atoms with Gasteiger partial charge < -0.3 is 0 Å². The summed E-state index contributed by atoms with van der Waals surface area (Å²) in [5, 5.41) is 0. The van der Waals surface area contributed by atoms with Crippen LogP contribution in [0.3, 0.4) is 0 Å². The first kappa shape index (κ1) is 9.76. The fourth-order valence-electron chi connectivity index (χ4n) is 2.17. The van der Waals surface area contributed by atoms with Gasteiger partial charge in [0.25, 0.3) is 0 Å². The minimum atomic E-state index is 0.402. The zero-order chi connectivity index (χ0) is 8.97. The quantitative estimate of drug-likeness (QED) is 0.632. The molecule has 0 amide bonds. The summed E-state index contributed by atoms with van der Waals surface area (Å²) in [6, 6.07) is 0. The summed E-state index contributed by atoms with van der Waals surface area (Å²) >= 11 is 0. The highest BCUT2D eigenvalue weighted by atomic mass is 16.1. The number of carbonyl (C=O) groups excluding carboxylic acids is 1. The molecule has 1 aliphatic rings. The Kier molecular flexibility index (Phi) is 3.77. The molecule has 1 aliphatic carbocycles. The van der Waals surface area contributed by atoms with Crippen LogP contribution in [0.2, 0.25) is 0 Å². The van der Waals surface area contributed by atoms with E-state index in [1.807, 2.05) is 0 Å². The molecule has 0 N–H and O–H groups in total. The van der Waals surface area contributed by atoms with Gasteiger partial charge >= 0.3 is 0 Å². The molecule has 0 aromatic carbocycles. The second-order valence-electron chi connectivity index (χ2n) is 4.08. The lowest BCUT2D eigenvalue weighted by Gasteiger charge is -2.27. The van der Waals surface area contributed by atoms with Gasteiger partial charge in [0.2, 0.25) is 0 Å². The Hall–Kier alpha value is -0.330. The van der Waals surface area contributed by atoms with Crippen molar-refractivity contribution in [2.75, 3.05) is 0 Å². The van der Waals surface area contributed by atoms with E-state index in [-0.39, 0.29) is 0 Å². The van der Waals surface area contributed by atoms with Crippen molar-refractivity contribution in [2.24, 2.45) is 11.8 Å². The molecule has 0 aromatic rings. The van der Waals surface area contributed by atoms with Crippen molar-refractivity contribution in [1.29, 1.82) is 0 Å². The van der Waals surface area contributed by atoms with E-state index in [0.717, 1.165) is 19.3 Å². The molecule has 0 aromatic heterocycles. The van der Waals surface area contributed by atoms with Gasteiger partial charge in [0.15, 0.2) is 0 Å². The monoisotopic (exact) mass is 168 g/mol. The van der Waals surface area contributed by atoms with Gasteiger partial charge in [-0.1, -0.05) is 26.7 Å². The first-order valence-electron chi connectivity index (χ1n) is 5.28. The molecule has 0 heterocycles. The molecule has 0 saturated heterocycles. The first-order chi connectivity index (χ1) is 5.75. The molecule has 1 fully saturated rings. The SMILES string of the molecule is CCCC[C@@H]1C(=O)CCC[C@H]1C. The zero-order valence-corrected chi connectivity index (χ0v) is 8.31. The standard InChI is InChI=1S/C11H20O/c1-3-4-7-10-9(2)6-5-8-11(10)12/h9-10H,3-8H2,1-2H3/t9-,10+/m1/s1. The Morgan fingerprint density at radius 3 is 2.83 bits per heavy atom. The average molecular weight is 168 g/mol. The predicted molar refractivity (Wildman–Crippen MR) is 51.0 cm³/mol. The van der Waals surface area contributed by atoms with Gasteiger partial charge in [0, 0.05) is 12.3 Å². The Morgan fingerprint density at radius 1 is 1.50 bits per heavy atom. The van der Waals surface area contributed by atoms with Crippen molar-refractivity contribution in [3.63, 3.8) is 0 Å². The summed E-state index contributed by atoms with van der Waals surface area (Å²) in [6.45, 7) is 4.43. The molecule has 70 valence electrons. The minimum Gasteiger partial charge on any atom is -0.299 e. The highest BCUT2D eigenvalue weighted by Gasteiger charge is 2.27. The summed E-state index contributed by atoms with van der Waals surface area (Å²) in [6.07, 6.45) is 6.81. The highest BCUT2D eigenvalue weighted by Crippen LogP contribution is 2.30. The predicted octanol–water partition coefficient (Wildman–Crippen LogP) is 3.18. The van der Waals surface area contributed by atoms with E-state index in [9.17, 15) is 4.79 Å². The van der Waals surface area contributed by atoms with E-state index in [1.165, 1.54) is 19.3 Å². The van der Waals surface area contributed by atoms with Crippen molar-refractivity contribution >= 4 is 5.78 Å². The van der Waals surface area contributed by atoms with Gasteiger partial charge in [-0.05, 0) is 25.2 Å². The lowest BCUT2D eigenvalue weighted by atomic mass is 9.77. The van der Waals surface area contributed by atoms with Crippen LogP contribution in [0, 0.1) is 11.8 Å². The maximum Gasteiger partial charge on any atom is 0.136 e. The van der Waals surface area contributed by atoms with E-state index >= 15 is 0 Å². The largest absolute Gasteiger partial charge is 0.299 e. The van der Waals surface area contributed by atoms with Crippen LogP contribution in [0.1, 0.15) is 52.4 Å². The van der Waals surface area contributed by atoms with E-state index in [2.05, 4.69) is 13.8 Å². The van der Waals surface area contributed by atoms with Gasteiger partial charge in [-0.2, -0.15) is 0 Å². The third-order valence-electron chi connectivity index (χ3n) is 3.05. The van der Waals surface area contributed by atoms with Gasteiger partial charge in [0.1, 0.15) is 5.78 Å². The van der Waals surface area contributed by atoms with Crippen molar-refractivity contribution < 1.29 is 4.79 Å². The van der Waals surface area contributed by atoms with Crippen LogP contribution in [0.25, 0.3) is 0 Å². The normalized spacial score (nSPS) is 30.7. The van der Waals surface area contributed by atoms with Crippen LogP contribution < -0.4 is 0 Å². The van der Waals surface area contributed by atoms with Crippen molar-refractivity contribution in [1.82, 2.24) is 0 Å². The molecule has 0 bridgehead atoms. The summed E-state index contributed by atoms with van der Waals surface area (Å²) < 4.78 is 0. The Morgan fingerprint density at radius 2 is 2.25 bits per heavy atom. The van der Waals surface area contributed by atoms with Crippen molar-refractivity contribution in [2.45, 2.75) is 52.4 Å². The van der Waals surface area contributed by atoms with Crippen molar-refractivity contribution in [3.05, 3.63) is 0 Å². The van der Waals surface area contributed by atoms with E-state index < -0.39 is 0 Å². The van der Waals surface area contributed by atoms with Crippen molar-refractivity contribution in [3.8, 4) is 0 Å². The van der Waals surface area contributed by atoms with Gasteiger partial charge in [-0.25, -0.2) is 0 Å². The van der Waals surface area contributed by atoms with Gasteiger partial charge in [0.05, 0.1) is 0 Å². The van der Waals surface area contributed by atoms with E-state index in [1.54, 1.807) is 0 Å². The molecule has 12 heavy (non-hydrogen) atoms. The molecule has 1 heteroatoms. The summed E-state index contributed by atoms with van der Waals surface area (Å²) in [4.78, 5) is 11.5. The molecule has 2 atom stereocenters.